The van der Waals surface area contributed by atoms with Crippen molar-refractivity contribution in [2.75, 3.05) is 7.11 Å². The Balaban J connectivity index is 3.51. The molecule has 0 saturated carbocycles. The molecule has 0 radical (unpaired) electrons. The van der Waals surface area contributed by atoms with Crippen LogP contribution in [0, 0.1) is 5.92 Å². The van der Waals surface area contributed by atoms with Gasteiger partial charge in [0, 0.05) is 7.11 Å². The maximum absolute atomic E-state index is 11.3. The normalized spacial score (nSPS) is 15.5. The molecule has 2 unspecified atom stereocenters. The number of unbranched alkanes of at least 4 members (excludes halogenated alkanes) is 10. The average molecular weight is 315 g/mol. The third-order valence-corrected chi connectivity index (χ3v) is 5.03. The van der Waals surface area contributed by atoms with Gasteiger partial charge in [-0.2, -0.15) is 0 Å². The van der Waals surface area contributed by atoms with Gasteiger partial charge in [0.2, 0.25) is 0 Å². The molecule has 0 aromatic heterocycles. The Bertz CT molecular complexity index is 278. The van der Waals surface area contributed by atoms with E-state index in [0.29, 0.717) is 0 Å². The molecule has 0 fully saturated rings. The van der Waals surface area contributed by atoms with Crippen LogP contribution in [0.3, 0.4) is 0 Å². The van der Waals surface area contributed by atoms with Gasteiger partial charge in [-0.05, 0) is 19.3 Å². The van der Waals surface area contributed by atoms with Gasteiger partial charge in [-0.1, -0.05) is 84.5 Å². The van der Waals surface area contributed by atoms with E-state index in [-0.39, 0.29) is 5.92 Å². The molecule has 1 N–H and O–H groups in total. The summed E-state index contributed by atoms with van der Waals surface area (Å²) in [5, 5.41) is 9.26. The van der Waals surface area contributed by atoms with E-state index < -0.39 is 11.6 Å². The molecule has 132 valence electrons. The zero-order valence-corrected chi connectivity index (χ0v) is 15.3. The number of carboxylic acids is 1. The van der Waals surface area contributed by atoms with Gasteiger partial charge in [-0.15, -0.1) is 0 Å². The van der Waals surface area contributed by atoms with Gasteiger partial charge in [0.25, 0.3) is 0 Å². The van der Waals surface area contributed by atoms with E-state index in [9.17, 15) is 9.90 Å². The number of aliphatic carboxylic acids is 1. The van der Waals surface area contributed by atoms with E-state index in [0.717, 1.165) is 12.8 Å². The summed E-state index contributed by atoms with van der Waals surface area (Å²) in [5.74, 6) is -0.806. The van der Waals surface area contributed by atoms with Crippen molar-refractivity contribution in [1.82, 2.24) is 0 Å². The lowest BCUT2D eigenvalue weighted by atomic mass is 9.86. The summed E-state index contributed by atoms with van der Waals surface area (Å²) in [5.41, 5.74) is -1.04. The first-order chi connectivity index (χ1) is 10.5. The topological polar surface area (TPSA) is 46.5 Å². The molecule has 0 aliphatic heterocycles. The van der Waals surface area contributed by atoms with Crippen LogP contribution in [0.1, 0.15) is 97.8 Å². The van der Waals surface area contributed by atoms with Crippen molar-refractivity contribution in [3.05, 3.63) is 0 Å². The molecule has 0 aliphatic rings. The van der Waals surface area contributed by atoms with Crippen molar-refractivity contribution in [2.45, 2.75) is 103 Å². The number of ether oxygens (including phenoxy) is 1. The quantitative estimate of drug-likeness (QED) is 0.388. The fourth-order valence-corrected chi connectivity index (χ4v) is 2.89. The van der Waals surface area contributed by atoms with Crippen molar-refractivity contribution < 1.29 is 14.6 Å². The van der Waals surface area contributed by atoms with Crippen LogP contribution in [0.15, 0.2) is 0 Å². The zero-order chi connectivity index (χ0) is 16.8. The van der Waals surface area contributed by atoms with Gasteiger partial charge in [0.1, 0.15) is 0 Å². The van der Waals surface area contributed by atoms with Crippen LogP contribution in [0.4, 0.5) is 0 Å². The summed E-state index contributed by atoms with van der Waals surface area (Å²) >= 11 is 0. The fraction of sp³-hybridized carbons (Fsp3) is 0.947. The van der Waals surface area contributed by atoms with Crippen LogP contribution in [0.5, 0.6) is 0 Å². The smallest absolute Gasteiger partial charge is 0.335 e. The molecule has 0 bridgehead atoms. The molecule has 0 aromatic rings. The third kappa shape index (κ3) is 8.77. The molecule has 3 heteroatoms. The first kappa shape index (κ1) is 21.4. The summed E-state index contributed by atoms with van der Waals surface area (Å²) in [6, 6.07) is 0. The molecule has 0 aromatic carbocycles. The SMILES string of the molecule is CCCCCCCCCCCCCC(C)C(C)(OC)C(=O)O. The minimum Gasteiger partial charge on any atom is -0.479 e. The van der Waals surface area contributed by atoms with Gasteiger partial charge in [0.05, 0.1) is 0 Å². The number of hydrogen-bond acceptors (Lipinski definition) is 2. The number of methoxy groups -OCH3 is 1. The Labute approximate surface area is 137 Å². The summed E-state index contributed by atoms with van der Waals surface area (Å²) in [4.78, 5) is 11.3. The Morgan fingerprint density at radius 3 is 1.73 bits per heavy atom. The number of hydrogen-bond donors (Lipinski definition) is 1. The molecule has 2 atom stereocenters. The van der Waals surface area contributed by atoms with Crippen LogP contribution in [0.25, 0.3) is 0 Å². The maximum Gasteiger partial charge on any atom is 0.335 e. The van der Waals surface area contributed by atoms with Crippen molar-refractivity contribution in [3.8, 4) is 0 Å². The van der Waals surface area contributed by atoms with E-state index in [1.807, 2.05) is 6.92 Å². The molecule has 0 heterocycles. The van der Waals surface area contributed by atoms with Gasteiger partial charge in [-0.3, -0.25) is 0 Å². The van der Waals surface area contributed by atoms with Crippen LogP contribution < -0.4 is 0 Å². The van der Waals surface area contributed by atoms with Gasteiger partial charge >= 0.3 is 5.97 Å². The first-order valence-corrected chi connectivity index (χ1v) is 9.27. The molecule has 0 aliphatic carbocycles. The Hall–Kier alpha value is -0.570. The zero-order valence-electron chi connectivity index (χ0n) is 15.3. The summed E-state index contributed by atoms with van der Waals surface area (Å²) in [7, 11) is 1.49. The van der Waals surface area contributed by atoms with Crippen LogP contribution >= 0.6 is 0 Å². The second-order valence-corrected chi connectivity index (χ2v) is 6.84. The highest BCUT2D eigenvalue weighted by atomic mass is 16.5. The molecular weight excluding hydrogens is 276 g/mol. The van der Waals surface area contributed by atoms with E-state index in [4.69, 9.17) is 4.74 Å². The van der Waals surface area contributed by atoms with Crippen molar-refractivity contribution >= 4 is 5.97 Å². The van der Waals surface area contributed by atoms with Crippen molar-refractivity contribution in [3.63, 3.8) is 0 Å². The average Bonchev–Trinajstić information content (AvgIpc) is 2.51. The second-order valence-electron chi connectivity index (χ2n) is 6.84. The highest BCUT2D eigenvalue weighted by molar-refractivity contribution is 5.77. The summed E-state index contributed by atoms with van der Waals surface area (Å²) in [6.45, 7) is 5.92. The molecular formula is C19H38O3. The largest absolute Gasteiger partial charge is 0.479 e. The number of carbonyl (C=O) groups is 1. The minimum absolute atomic E-state index is 0.0496. The summed E-state index contributed by atoms with van der Waals surface area (Å²) in [6.07, 6.45) is 15.5. The summed E-state index contributed by atoms with van der Waals surface area (Å²) < 4.78 is 5.21. The maximum atomic E-state index is 11.3. The molecule has 0 spiro atoms. The third-order valence-electron chi connectivity index (χ3n) is 5.03. The van der Waals surface area contributed by atoms with Crippen LogP contribution in [-0.4, -0.2) is 23.8 Å². The predicted octanol–water partition coefficient (Wildman–Crippen LogP) is 5.81. The molecule has 22 heavy (non-hydrogen) atoms. The lowest BCUT2D eigenvalue weighted by Gasteiger charge is -2.30. The van der Waals surface area contributed by atoms with E-state index in [1.165, 1.54) is 71.3 Å². The van der Waals surface area contributed by atoms with Crippen molar-refractivity contribution in [2.24, 2.45) is 5.92 Å². The monoisotopic (exact) mass is 314 g/mol. The predicted molar refractivity (Wildman–Crippen MR) is 93.3 cm³/mol. The Morgan fingerprint density at radius 1 is 0.955 bits per heavy atom. The molecule has 0 saturated heterocycles. The van der Waals surface area contributed by atoms with E-state index in [2.05, 4.69) is 6.92 Å². The van der Waals surface area contributed by atoms with Gasteiger partial charge < -0.3 is 9.84 Å². The van der Waals surface area contributed by atoms with Crippen LogP contribution in [0.2, 0.25) is 0 Å². The van der Waals surface area contributed by atoms with Crippen LogP contribution in [-0.2, 0) is 9.53 Å². The number of rotatable bonds is 15. The Kier molecular flexibility index (Phi) is 12.6. The van der Waals surface area contributed by atoms with Crippen molar-refractivity contribution in [1.29, 1.82) is 0 Å². The standard InChI is InChI=1S/C19H38O3/c1-5-6-7-8-9-10-11-12-13-14-15-16-17(2)19(3,22-4)18(20)21/h17H,5-16H2,1-4H3,(H,20,21). The second kappa shape index (κ2) is 12.9. The molecule has 3 nitrogen and oxygen atoms in total. The molecule has 0 amide bonds. The minimum atomic E-state index is -1.04. The molecule has 0 rings (SSSR count). The first-order valence-electron chi connectivity index (χ1n) is 9.27. The fourth-order valence-electron chi connectivity index (χ4n) is 2.89. The number of carboxylic acid groups (broad SMARTS) is 1. The van der Waals surface area contributed by atoms with E-state index >= 15 is 0 Å². The van der Waals surface area contributed by atoms with E-state index in [1.54, 1.807) is 6.92 Å². The van der Waals surface area contributed by atoms with Gasteiger partial charge in [0.15, 0.2) is 5.60 Å². The highest BCUT2D eigenvalue weighted by Crippen LogP contribution is 2.26. The lowest BCUT2D eigenvalue weighted by Crippen LogP contribution is -2.43. The highest BCUT2D eigenvalue weighted by Gasteiger charge is 2.38. The lowest BCUT2D eigenvalue weighted by molar-refractivity contribution is -0.166. The Morgan fingerprint density at radius 2 is 1.36 bits per heavy atom. The van der Waals surface area contributed by atoms with Gasteiger partial charge in [-0.25, -0.2) is 4.79 Å².